The number of carboxylic acid groups (broad SMARTS) is 1. The largest absolute Gasteiger partial charge is 0.478 e. The van der Waals surface area contributed by atoms with Crippen molar-refractivity contribution >= 4 is 11.9 Å². The number of carbonyl (C=O) groups is 2. The van der Waals surface area contributed by atoms with E-state index in [1.54, 1.807) is 0 Å². The van der Waals surface area contributed by atoms with Crippen LogP contribution in [0.25, 0.3) is 0 Å². The van der Waals surface area contributed by atoms with E-state index in [9.17, 15) is 9.59 Å². The van der Waals surface area contributed by atoms with Crippen molar-refractivity contribution in [2.45, 2.75) is 0 Å². The Morgan fingerprint density at radius 2 is 2.25 bits per heavy atom. The Balaban J connectivity index is 3.31. The molecule has 0 spiro atoms. The molecule has 12 heavy (non-hydrogen) atoms. The summed E-state index contributed by atoms with van der Waals surface area (Å²) in [6.07, 6.45) is 1.09. The second kappa shape index (κ2) is 2.65. The van der Waals surface area contributed by atoms with Gasteiger partial charge in [0.2, 0.25) is 0 Å². The number of hydrogen-bond donors (Lipinski definition) is 2. The van der Waals surface area contributed by atoms with Crippen molar-refractivity contribution in [1.29, 1.82) is 0 Å². The highest BCUT2D eigenvalue weighted by molar-refractivity contribution is 6.02. The first-order valence-corrected chi connectivity index (χ1v) is 3.09. The molecule has 0 atom stereocenters. The zero-order valence-corrected chi connectivity index (χ0v) is 6.31. The first kappa shape index (κ1) is 8.25. The molecule has 1 heterocycles. The molecule has 0 aliphatic carbocycles. The highest BCUT2D eigenvalue weighted by atomic mass is 16.4. The minimum atomic E-state index is -1.21. The van der Waals surface area contributed by atoms with Crippen LogP contribution in [0, 0.1) is 0 Å². The van der Waals surface area contributed by atoms with Gasteiger partial charge in [-0.05, 0) is 0 Å². The van der Waals surface area contributed by atoms with Crippen molar-refractivity contribution in [3.63, 3.8) is 0 Å². The van der Waals surface area contributed by atoms with Gasteiger partial charge in [0, 0.05) is 7.05 Å². The SMILES string of the molecule is Cn1ncc(C(=O)O)c1C(N)=O. The molecule has 1 amide bonds. The van der Waals surface area contributed by atoms with E-state index in [-0.39, 0.29) is 11.3 Å². The number of nitrogens with two attached hydrogens (primary N) is 1. The Hall–Kier alpha value is -1.85. The van der Waals surface area contributed by atoms with E-state index >= 15 is 0 Å². The van der Waals surface area contributed by atoms with Crippen LogP contribution in [0.4, 0.5) is 0 Å². The monoisotopic (exact) mass is 169 g/mol. The number of primary amides is 1. The molecule has 0 aromatic carbocycles. The number of nitrogens with zero attached hydrogens (tertiary/aromatic N) is 2. The summed E-state index contributed by atoms with van der Waals surface area (Å²) in [7, 11) is 1.45. The fourth-order valence-corrected chi connectivity index (χ4v) is 0.886. The van der Waals surface area contributed by atoms with E-state index in [2.05, 4.69) is 5.10 Å². The number of aromatic carboxylic acids is 1. The molecule has 1 aromatic rings. The molecule has 64 valence electrons. The molecule has 3 N–H and O–H groups in total. The molecule has 0 unspecified atom stereocenters. The number of rotatable bonds is 2. The number of aryl methyl sites for hydroxylation is 1. The normalized spacial score (nSPS) is 9.75. The summed E-state index contributed by atoms with van der Waals surface area (Å²) < 4.78 is 1.13. The van der Waals surface area contributed by atoms with Crippen molar-refractivity contribution in [1.82, 2.24) is 9.78 Å². The van der Waals surface area contributed by atoms with E-state index in [0.717, 1.165) is 10.9 Å². The summed E-state index contributed by atoms with van der Waals surface area (Å²) in [5.74, 6) is -2.01. The lowest BCUT2D eigenvalue weighted by Crippen LogP contribution is -2.19. The topological polar surface area (TPSA) is 98.2 Å². The van der Waals surface area contributed by atoms with Crippen LogP contribution in [0.15, 0.2) is 6.20 Å². The Morgan fingerprint density at radius 1 is 1.67 bits per heavy atom. The Labute approximate surface area is 67.6 Å². The molecule has 0 aliphatic rings. The third-order valence-electron chi connectivity index (χ3n) is 1.40. The standard InChI is InChI=1S/C6H7N3O3/c1-9-4(5(7)10)3(2-8-9)6(11)12/h2H,1H3,(H2,7,10)(H,11,12). The zero-order chi connectivity index (χ0) is 9.30. The van der Waals surface area contributed by atoms with Gasteiger partial charge in [-0.2, -0.15) is 5.10 Å². The first-order valence-electron chi connectivity index (χ1n) is 3.09. The molecule has 1 rings (SSSR count). The Kier molecular flexibility index (Phi) is 1.82. The van der Waals surface area contributed by atoms with E-state index in [1.165, 1.54) is 7.05 Å². The molecule has 6 nitrogen and oxygen atoms in total. The summed E-state index contributed by atoms with van der Waals surface area (Å²) in [6.45, 7) is 0. The summed E-state index contributed by atoms with van der Waals surface area (Å²) in [4.78, 5) is 21.2. The van der Waals surface area contributed by atoms with E-state index in [0.29, 0.717) is 0 Å². The highest BCUT2D eigenvalue weighted by Gasteiger charge is 2.18. The van der Waals surface area contributed by atoms with Crippen molar-refractivity contribution < 1.29 is 14.7 Å². The average Bonchev–Trinajstić information content (AvgIpc) is 2.30. The summed E-state index contributed by atoms with van der Waals surface area (Å²) >= 11 is 0. The fraction of sp³-hybridized carbons (Fsp3) is 0.167. The van der Waals surface area contributed by atoms with E-state index < -0.39 is 11.9 Å². The van der Waals surface area contributed by atoms with Crippen LogP contribution in [0.3, 0.4) is 0 Å². The average molecular weight is 169 g/mol. The molecule has 6 heteroatoms. The van der Waals surface area contributed by atoms with Gasteiger partial charge in [0.1, 0.15) is 11.3 Å². The van der Waals surface area contributed by atoms with Gasteiger partial charge >= 0.3 is 5.97 Å². The van der Waals surface area contributed by atoms with Gasteiger partial charge in [0.15, 0.2) is 0 Å². The van der Waals surface area contributed by atoms with Gasteiger partial charge in [-0.15, -0.1) is 0 Å². The quantitative estimate of drug-likeness (QED) is 0.606. The minimum absolute atomic E-state index is 0.0949. The van der Waals surface area contributed by atoms with Gasteiger partial charge in [-0.25, -0.2) is 4.79 Å². The maximum atomic E-state index is 10.7. The predicted molar refractivity (Wildman–Crippen MR) is 38.7 cm³/mol. The molecule has 0 radical (unpaired) electrons. The highest BCUT2D eigenvalue weighted by Crippen LogP contribution is 2.05. The predicted octanol–water partition coefficient (Wildman–Crippen LogP) is -0.783. The van der Waals surface area contributed by atoms with Crippen LogP contribution >= 0.6 is 0 Å². The molecule has 0 fully saturated rings. The van der Waals surface area contributed by atoms with Crippen LogP contribution in [0.2, 0.25) is 0 Å². The third-order valence-corrected chi connectivity index (χ3v) is 1.40. The smallest absolute Gasteiger partial charge is 0.339 e. The van der Waals surface area contributed by atoms with Crippen LogP contribution in [0.1, 0.15) is 20.8 Å². The van der Waals surface area contributed by atoms with Crippen molar-refractivity contribution in [2.24, 2.45) is 12.8 Å². The third kappa shape index (κ3) is 1.14. The molecular weight excluding hydrogens is 162 g/mol. The molecule has 0 saturated heterocycles. The molecule has 0 aliphatic heterocycles. The van der Waals surface area contributed by atoms with Gasteiger partial charge in [-0.3, -0.25) is 9.48 Å². The van der Waals surface area contributed by atoms with Crippen molar-refractivity contribution in [3.05, 3.63) is 17.5 Å². The van der Waals surface area contributed by atoms with Crippen LogP contribution in [-0.2, 0) is 7.05 Å². The lowest BCUT2D eigenvalue weighted by molar-refractivity contribution is 0.0691. The van der Waals surface area contributed by atoms with Crippen molar-refractivity contribution in [3.8, 4) is 0 Å². The maximum Gasteiger partial charge on any atom is 0.339 e. The van der Waals surface area contributed by atoms with Gasteiger partial charge in [0.05, 0.1) is 6.20 Å². The Bertz CT molecular complexity index is 342. The summed E-state index contributed by atoms with van der Waals surface area (Å²) in [6, 6.07) is 0. The number of hydrogen-bond acceptors (Lipinski definition) is 3. The number of carboxylic acids is 1. The molecule has 0 bridgehead atoms. The Morgan fingerprint density at radius 3 is 2.58 bits per heavy atom. The molecular formula is C6H7N3O3. The minimum Gasteiger partial charge on any atom is -0.478 e. The lowest BCUT2D eigenvalue weighted by Gasteiger charge is -1.96. The lowest BCUT2D eigenvalue weighted by atomic mass is 10.2. The maximum absolute atomic E-state index is 10.7. The fourth-order valence-electron chi connectivity index (χ4n) is 0.886. The summed E-state index contributed by atoms with van der Waals surface area (Å²) in [5, 5.41) is 12.2. The summed E-state index contributed by atoms with van der Waals surface area (Å²) in [5.41, 5.74) is 4.66. The number of aromatic nitrogens is 2. The first-order chi connectivity index (χ1) is 5.54. The van der Waals surface area contributed by atoms with Gasteiger partial charge < -0.3 is 10.8 Å². The van der Waals surface area contributed by atoms with Gasteiger partial charge in [0.25, 0.3) is 5.91 Å². The molecule has 1 aromatic heterocycles. The number of amides is 1. The number of carbonyl (C=O) groups excluding carboxylic acids is 1. The second-order valence-corrected chi connectivity index (χ2v) is 2.20. The van der Waals surface area contributed by atoms with Crippen LogP contribution in [-0.4, -0.2) is 26.8 Å². The van der Waals surface area contributed by atoms with E-state index in [1.807, 2.05) is 0 Å². The van der Waals surface area contributed by atoms with Gasteiger partial charge in [-0.1, -0.05) is 0 Å². The second-order valence-electron chi connectivity index (χ2n) is 2.20. The van der Waals surface area contributed by atoms with Crippen LogP contribution in [0.5, 0.6) is 0 Å². The van der Waals surface area contributed by atoms with Crippen molar-refractivity contribution in [2.75, 3.05) is 0 Å². The molecule has 0 saturated carbocycles. The van der Waals surface area contributed by atoms with Crippen LogP contribution < -0.4 is 5.73 Å². The van der Waals surface area contributed by atoms with E-state index in [4.69, 9.17) is 10.8 Å². The zero-order valence-electron chi connectivity index (χ0n) is 6.31.